The van der Waals surface area contributed by atoms with Gasteiger partial charge in [-0.15, -0.1) is 0 Å². The Morgan fingerprint density at radius 1 is 1.06 bits per heavy atom. The summed E-state index contributed by atoms with van der Waals surface area (Å²) in [5.41, 5.74) is 1.78. The van der Waals surface area contributed by atoms with Gasteiger partial charge in [-0.05, 0) is 38.5 Å². The van der Waals surface area contributed by atoms with Gasteiger partial charge in [-0.2, -0.15) is 0 Å². The fraction of sp³-hybridized carbons (Fsp3) is 0.400. The first-order valence-corrected chi connectivity index (χ1v) is 11.3. The number of anilines is 1. The molecule has 4 rings (SSSR count). The Kier molecular flexibility index (Phi) is 6.74. The van der Waals surface area contributed by atoms with Crippen LogP contribution in [-0.4, -0.2) is 62.6 Å². The van der Waals surface area contributed by atoms with Crippen LogP contribution in [0, 0.1) is 0 Å². The number of fused-ring (bicyclic) bond motifs is 5. The Hall–Kier alpha value is -3.59. The van der Waals surface area contributed by atoms with Crippen molar-refractivity contribution in [2.45, 2.75) is 32.5 Å². The minimum atomic E-state index is -0.764. The summed E-state index contributed by atoms with van der Waals surface area (Å²) in [5, 5.41) is 2.84. The Morgan fingerprint density at radius 2 is 1.82 bits per heavy atom. The van der Waals surface area contributed by atoms with Gasteiger partial charge >= 0.3 is 0 Å². The van der Waals surface area contributed by atoms with Crippen molar-refractivity contribution in [3.63, 3.8) is 0 Å². The highest BCUT2D eigenvalue weighted by Crippen LogP contribution is 2.49. The topological polar surface area (TPSA) is 97.4 Å². The molecule has 0 saturated heterocycles. The lowest BCUT2D eigenvalue weighted by atomic mass is 10.0. The molecule has 34 heavy (non-hydrogen) atoms. The van der Waals surface area contributed by atoms with E-state index in [2.05, 4.69) is 5.32 Å². The van der Waals surface area contributed by atoms with Crippen molar-refractivity contribution in [2.24, 2.45) is 0 Å². The first-order valence-electron chi connectivity index (χ1n) is 11.3. The molecule has 3 amide bonds. The number of benzene rings is 2. The van der Waals surface area contributed by atoms with E-state index < -0.39 is 6.17 Å². The second-order valence-electron chi connectivity index (χ2n) is 8.39. The number of hydrogen-bond donors (Lipinski definition) is 1. The normalized spacial score (nSPS) is 16.3. The maximum absolute atomic E-state index is 13.6. The summed E-state index contributed by atoms with van der Waals surface area (Å²) in [4.78, 5) is 42.8. The zero-order valence-electron chi connectivity index (χ0n) is 19.8. The standard InChI is InChI=1S/C25H29N3O6/c1-15(2)34-13-7-12-26-20(29)14-27-23-17-10-11-19(32-3)22(33-4)21(17)25(31)28(23)18-9-6-5-8-16(18)24(27)30/h5-6,8-11,15,23H,7,12-14H2,1-4H3,(H,26,29). The number of amides is 3. The molecule has 9 heteroatoms. The Labute approximate surface area is 198 Å². The summed E-state index contributed by atoms with van der Waals surface area (Å²) >= 11 is 0. The second-order valence-corrected chi connectivity index (χ2v) is 8.39. The van der Waals surface area contributed by atoms with Crippen LogP contribution in [-0.2, 0) is 9.53 Å². The van der Waals surface area contributed by atoms with Crippen LogP contribution in [0.4, 0.5) is 5.69 Å². The maximum atomic E-state index is 13.6. The van der Waals surface area contributed by atoms with Crippen LogP contribution in [0.2, 0.25) is 0 Å². The third kappa shape index (κ3) is 4.07. The molecule has 0 aliphatic carbocycles. The number of para-hydroxylation sites is 1. The lowest BCUT2D eigenvalue weighted by Crippen LogP contribution is -2.51. The highest BCUT2D eigenvalue weighted by atomic mass is 16.5. The molecule has 2 aliphatic heterocycles. The van der Waals surface area contributed by atoms with Crippen LogP contribution in [0.5, 0.6) is 11.5 Å². The largest absolute Gasteiger partial charge is 0.493 e. The van der Waals surface area contributed by atoms with Gasteiger partial charge in [0.15, 0.2) is 11.5 Å². The van der Waals surface area contributed by atoms with Crippen LogP contribution in [0.3, 0.4) is 0 Å². The molecule has 0 radical (unpaired) electrons. The summed E-state index contributed by atoms with van der Waals surface area (Å²) in [6.07, 6.45) is 0.0252. The second kappa shape index (κ2) is 9.72. The third-order valence-electron chi connectivity index (χ3n) is 5.89. The first-order chi connectivity index (χ1) is 16.4. The first kappa shape index (κ1) is 23.6. The Bertz CT molecular complexity index is 1120. The van der Waals surface area contributed by atoms with Crippen LogP contribution >= 0.6 is 0 Å². The molecule has 0 spiro atoms. The number of nitrogens with zero attached hydrogens (tertiary/aromatic N) is 2. The number of carbonyl (C=O) groups is 3. The number of methoxy groups -OCH3 is 2. The van der Waals surface area contributed by atoms with E-state index in [4.69, 9.17) is 14.2 Å². The van der Waals surface area contributed by atoms with Crippen molar-refractivity contribution >= 4 is 23.4 Å². The van der Waals surface area contributed by atoms with Gasteiger partial charge in [0.05, 0.1) is 37.1 Å². The van der Waals surface area contributed by atoms with E-state index in [1.807, 2.05) is 13.8 Å². The molecule has 180 valence electrons. The van der Waals surface area contributed by atoms with Gasteiger partial charge in [0.2, 0.25) is 5.91 Å². The zero-order valence-corrected chi connectivity index (χ0v) is 19.8. The van der Waals surface area contributed by atoms with Crippen LogP contribution < -0.4 is 19.7 Å². The van der Waals surface area contributed by atoms with E-state index in [1.54, 1.807) is 41.3 Å². The molecule has 1 unspecified atom stereocenters. The lowest BCUT2D eigenvalue weighted by Gasteiger charge is -2.40. The van der Waals surface area contributed by atoms with Crippen molar-refractivity contribution in [3.8, 4) is 11.5 Å². The molecule has 0 saturated carbocycles. The quantitative estimate of drug-likeness (QED) is 0.570. The molecule has 1 atom stereocenters. The van der Waals surface area contributed by atoms with Crippen LogP contribution in [0.1, 0.15) is 52.7 Å². The number of carbonyl (C=O) groups excluding carboxylic acids is 3. The molecule has 9 nitrogen and oxygen atoms in total. The van der Waals surface area contributed by atoms with E-state index in [-0.39, 0.29) is 30.4 Å². The van der Waals surface area contributed by atoms with E-state index in [0.717, 1.165) is 0 Å². The van der Waals surface area contributed by atoms with Crippen molar-refractivity contribution in [1.82, 2.24) is 10.2 Å². The Balaban J connectivity index is 1.66. The highest BCUT2D eigenvalue weighted by Gasteiger charge is 2.50. The number of hydrogen-bond acceptors (Lipinski definition) is 6. The number of nitrogens with one attached hydrogen (secondary N) is 1. The average Bonchev–Trinajstić information content (AvgIpc) is 3.13. The lowest BCUT2D eigenvalue weighted by molar-refractivity contribution is -0.122. The van der Waals surface area contributed by atoms with Gasteiger partial charge < -0.3 is 24.4 Å². The van der Waals surface area contributed by atoms with E-state index in [0.29, 0.717) is 53.4 Å². The van der Waals surface area contributed by atoms with Crippen LogP contribution in [0.25, 0.3) is 0 Å². The molecule has 0 bridgehead atoms. The number of rotatable bonds is 9. The van der Waals surface area contributed by atoms with Gasteiger partial charge in [0, 0.05) is 18.7 Å². The molecule has 1 N–H and O–H groups in total. The molecule has 2 aromatic carbocycles. The van der Waals surface area contributed by atoms with Gasteiger partial charge in [0.1, 0.15) is 12.7 Å². The Morgan fingerprint density at radius 3 is 2.53 bits per heavy atom. The maximum Gasteiger partial charge on any atom is 0.264 e. The summed E-state index contributed by atoms with van der Waals surface area (Å²) in [6, 6.07) is 10.4. The molecule has 2 aromatic rings. The van der Waals surface area contributed by atoms with Gasteiger partial charge in [-0.3, -0.25) is 19.3 Å². The third-order valence-corrected chi connectivity index (χ3v) is 5.89. The summed E-state index contributed by atoms with van der Waals surface area (Å²) < 4.78 is 16.4. The van der Waals surface area contributed by atoms with E-state index in [1.165, 1.54) is 19.1 Å². The molecular formula is C25H29N3O6. The van der Waals surface area contributed by atoms with Crippen molar-refractivity contribution in [1.29, 1.82) is 0 Å². The molecule has 0 fully saturated rings. The van der Waals surface area contributed by atoms with Gasteiger partial charge in [0.25, 0.3) is 11.8 Å². The molecule has 2 aliphatic rings. The average molecular weight is 468 g/mol. The van der Waals surface area contributed by atoms with Crippen LogP contribution in [0.15, 0.2) is 36.4 Å². The molecule has 2 heterocycles. The van der Waals surface area contributed by atoms with Gasteiger partial charge in [-0.1, -0.05) is 18.2 Å². The van der Waals surface area contributed by atoms with Crippen molar-refractivity contribution in [3.05, 3.63) is 53.1 Å². The van der Waals surface area contributed by atoms with Crippen molar-refractivity contribution in [2.75, 3.05) is 38.8 Å². The highest BCUT2D eigenvalue weighted by molar-refractivity contribution is 6.18. The minimum absolute atomic E-state index is 0.128. The van der Waals surface area contributed by atoms with Gasteiger partial charge in [-0.25, -0.2) is 0 Å². The monoisotopic (exact) mass is 467 g/mol. The molecule has 0 aromatic heterocycles. The fourth-order valence-corrected chi connectivity index (χ4v) is 4.42. The minimum Gasteiger partial charge on any atom is -0.493 e. The predicted molar refractivity (Wildman–Crippen MR) is 125 cm³/mol. The predicted octanol–water partition coefficient (Wildman–Crippen LogP) is 2.75. The summed E-state index contributed by atoms with van der Waals surface area (Å²) in [5.74, 6) is -0.211. The molecular weight excluding hydrogens is 438 g/mol. The fourth-order valence-electron chi connectivity index (χ4n) is 4.42. The SMILES string of the molecule is COc1ccc2c(c1OC)C(=O)N1c3ccccc3C(=O)N(CC(=O)NCCCOC(C)C)C21. The summed E-state index contributed by atoms with van der Waals surface area (Å²) in [7, 11) is 2.97. The van der Waals surface area contributed by atoms with E-state index in [9.17, 15) is 14.4 Å². The zero-order chi connectivity index (χ0) is 24.4. The number of ether oxygens (including phenoxy) is 3. The summed E-state index contributed by atoms with van der Waals surface area (Å²) in [6.45, 7) is 4.68. The smallest absolute Gasteiger partial charge is 0.264 e. The van der Waals surface area contributed by atoms with Crippen molar-refractivity contribution < 1.29 is 28.6 Å². The van der Waals surface area contributed by atoms with E-state index >= 15 is 0 Å².